The average Bonchev–Trinajstić information content (AvgIpc) is 2.75. The number of carbonyl (C=O) groups excluding carboxylic acids is 1. The molecule has 0 aromatic rings. The van der Waals surface area contributed by atoms with Crippen molar-refractivity contribution in [2.45, 2.75) is 18.3 Å². The van der Waals surface area contributed by atoms with E-state index in [2.05, 4.69) is 0 Å². The van der Waals surface area contributed by atoms with Crippen molar-refractivity contribution in [3.8, 4) is 0 Å². The molecule has 0 amide bonds. The summed E-state index contributed by atoms with van der Waals surface area (Å²) in [7, 11) is 1.40. The Morgan fingerprint density at radius 3 is 3.09 bits per heavy atom. The standard InChI is InChI=1S/C7H8O4/c1-10-4-2-3(8)6-7(11-6)5(4)9/h2-3,6-8H,1H3. The highest BCUT2D eigenvalue weighted by Crippen LogP contribution is 2.33. The zero-order valence-electron chi connectivity index (χ0n) is 5.98. The van der Waals surface area contributed by atoms with Gasteiger partial charge in [-0.15, -0.1) is 0 Å². The second-order valence-electron chi connectivity index (χ2n) is 2.61. The third-order valence-electron chi connectivity index (χ3n) is 1.91. The van der Waals surface area contributed by atoms with Crippen molar-refractivity contribution in [3.63, 3.8) is 0 Å². The Labute approximate surface area is 63.4 Å². The molecule has 0 aromatic heterocycles. The molecule has 2 aliphatic rings. The van der Waals surface area contributed by atoms with Crippen molar-refractivity contribution in [1.29, 1.82) is 0 Å². The molecule has 0 saturated carbocycles. The number of Topliss-reactive ketones (excluding diaryl/α,β-unsaturated/α-hetero) is 1. The first-order valence-electron chi connectivity index (χ1n) is 3.37. The summed E-state index contributed by atoms with van der Waals surface area (Å²) in [6.45, 7) is 0. The predicted octanol–water partition coefficient (Wildman–Crippen LogP) is -0.772. The maximum Gasteiger partial charge on any atom is 0.228 e. The summed E-state index contributed by atoms with van der Waals surface area (Å²) in [6, 6.07) is 0. The molecule has 0 aromatic carbocycles. The minimum absolute atomic E-state index is 0.164. The molecule has 60 valence electrons. The normalized spacial score (nSPS) is 41.1. The highest BCUT2D eigenvalue weighted by Gasteiger charge is 2.53. The van der Waals surface area contributed by atoms with E-state index in [9.17, 15) is 9.90 Å². The molecule has 1 aliphatic carbocycles. The molecule has 11 heavy (non-hydrogen) atoms. The quantitative estimate of drug-likeness (QED) is 0.506. The Hall–Kier alpha value is -0.870. The highest BCUT2D eigenvalue weighted by molar-refractivity contribution is 6.00. The molecule has 0 spiro atoms. The Morgan fingerprint density at radius 1 is 1.73 bits per heavy atom. The van der Waals surface area contributed by atoms with E-state index >= 15 is 0 Å². The minimum Gasteiger partial charge on any atom is -0.493 e. The van der Waals surface area contributed by atoms with Gasteiger partial charge in [-0.2, -0.15) is 0 Å². The number of aliphatic hydroxyl groups excluding tert-OH is 1. The van der Waals surface area contributed by atoms with E-state index in [0.29, 0.717) is 0 Å². The van der Waals surface area contributed by atoms with Gasteiger partial charge in [-0.3, -0.25) is 4.79 Å². The van der Waals surface area contributed by atoms with Crippen LogP contribution in [0.15, 0.2) is 11.8 Å². The van der Waals surface area contributed by atoms with Crippen molar-refractivity contribution >= 4 is 5.78 Å². The molecule has 0 radical (unpaired) electrons. The maximum atomic E-state index is 11.1. The van der Waals surface area contributed by atoms with Crippen molar-refractivity contribution in [2.24, 2.45) is 0 Å². The lowest BCUT2D eigenvalue weighted by atomic mass is 10.0. The number of carbonyl (C=O) groups is 1. The monoisotopic (exact) mass is 156 g/mol. The first-order valence-corrected chi connectivity index (χ1v) is 3.37. The van der Waals surface area contributed by atoms with E-state index in [0.717, 1.165) is 0 Å². The van der Waals surface area contributed by atoms with E-state index in [-0.39, 0.29) is 17.6 Å². The number of hydrogen-bond donors (Lipinski definition) is 1. The second-order valence-corrected chi connectivity index (χ2v) is 2.61. The van der Waals surface area contributed by atoms with Gasteiger partial charge in [0.25, 0.3) is 0 Å². The van der Waals surface area contributed by atoms with Gasteiger partial charge in [0.05, 0.1) is 7.11 Å². The van der Waals surface area contributed by atoms with Crippen molar-refractivity contribution in [1.82, 2.24) is 0 Å². The Bertz CT molecular complexity index is 233. The summed E-state index contributed by atoms with van der Waals surface area (Å²) >= 11 is 0. The van der Waals surface area contributed by atoms with Crippen LogP contribution in [0.5, 0.6) is 0 Å². The van der Waals surface area contributed by atoms with Crippen LogP contribution in [0.25, 0.3) is 0 Å². The van der Waals surface area contributed by atoms with Crippen molar-refractivity contribution < 1.29 is 19.4 Å². The summed E-state index contributed by atoms with van der Waals surface area (Å²) in [4.78, 5) is 11.1. The molecule has 1 fully saturated rings. The van der Waals surface area contributed by atoms with Gasteiger partial charge in [-0.1, -0.05) is 0 Å². The molecular weight excluding hydrogens is 148 g/mol. The number of fused-ring (bicyclic) bond motifs is 1. The number of hydrogen-bond acceptors (Lipinski definition) is 4. The first kappa shape index (κ1) is 6.82. The van der Waals surface area contributed by atoms with Crippen LogP contribution in [-0.4, -0.2) is 36.3 Å². The van der Waals surface area contributed by atoms with Gasteiger partial charge in [-0.05, 0) is 6.08 Å². The number of methoxy groups -OCH3 is 1. The second kappa shape index (κ2) is 2.06. The topological polar surface area (TPSA) is 59.1 Å². The smallest absolute Gasteiger partial charge is 0.228 e. The number of aliphatic hydroxyl groups is 1. The average molecular weight is 156 g/mol. The molecule has 2 rings (SSSR count). The summed E-state index contributed by atoms with van der Waals surface area (Å²) in [6.07, 6.45) is -0.0738. The largest absolute Gasteiger partial charge is 0.493 e. The Balaban J connectivity index is 2.25. The zero-order valence-corrected chi connectivity index (χ0v) is 5.98. The Kier molecular flexibility index (Phi) is 1.27. The van der Waals surface area contributed by atoms with Gasteiger partial charge in [0.2, 0.25) is 5.78 Å². The van der Waals surface area contributed by atoms with Crippen LogP contribution < -0.4 is 0 Å². The molecule has 3 unspecified atom stereocenters. The lowest BCUT2D eigenvalue weighted by Crippen LogP contribution is -2.27. The van der Waals surface area contributed by atoms with E-state index in [1.54, 1.807) is 0 Å². The van der Waals surface area contributed by atoms with Crippen molar-refractivity contribution in [3.05, 3.63) is 11.8 Å². The van der Waals surface area contributed by atoms with Crippen LogP contribution in [-0.2, 0) is 14.3 Å². The molecule has 1 saturated heterocycles. The van der Waals surface area contributed by atoms with Crippen LogP contribution in [0.2, 0.25) is 0 Å². The summed E-state index contributed by atoms with van der Waals surface area (Å²) < 4.78 is 9.65. The van der Waals surface area contributed by atoms with Crippen LogP contribution in [0.1, 0.15) is 0 Å². The molecule has 0 bridgehead atoms. The first-order chi connectivity index (χ1) is 5.24. The molecule has 3 atom stereocenters. The predicted molar refractivity (Wildman–Crippen MR) is 34.8 cm³/mol. The van der Waals surface area contributed by atoms with Crippen molar-refractivity contribution in [2.75, 3.05) is 7.11 Å². The van der Waals surface area contributed by atoms with Gasteiger partial charge in [0.1, 0.15) is 12.2 Å². The SMILES string of the molecule is COC1=CC(O)C2OC2C1=O. The maximum absolute atomic E-state index is 11.1. The minimum atomic E-state index is -0.687. The molecule has 1 heterocycles. The lowest BCUT2D eigenvalue weighted by molar-refractivity contribution is -0.119. The van der Waals surface area contributed by atoms with Gasteiger partial charge in [0, 0.05) is 0 Å². The van der Waals surface area contributed by atoms with Gasteiger partial charge in [-0.25, -0.2) is 0 Å². The third kappa shape index (κ3) is 0.868. The lowest BCUT2D eigenvalue weighted by Gasteiger charge is -2.10. The third-order valence-corrected chi connectivity index (χ3v) is 1.91. The van der Waals surface area contributed by atoms with Crippen LogP contribution in [0.4, 0.5) is 0 Å². The van der Waals surface area contributed by atoms with Crippen LogP contribution in [0.3, 0.4) is 0 Å². The summed E-state index contributed by atoms with van der Waals surface area (Å²) in [5.74, 6) is 0.0408. The fourth-order valence-electron chi connectivity index (χ4n) is 1.24. The summed E-state index contributed by atoms with van der Waals surface area (Å²) in [5, 5.41) is 9.21. The van der Waals surface area contributed by atoms with E-state index < -0.39 is 12.2 Å². The zero-order chi connectivity index (χ0) is 8.01. The number of rotatable bonds is 1. The number of ketones is 1. The number of ether oxygens (including phenoxy) is 2. The fourth-order valence-corrected chi connectivity index (χ4v) is 1.24. The van der Waals surface area contributed by atoms with E-state index in [4.69, 9.17) is 9.47 Å². The molecule has 4 nitrogen and oxygen atoms in total. The highest BCUT2D eigenvalue weighted by atomic mass is 16.6. The van der Waals surface area contributed by atoms with Gasteiger partial charge < -0.3 is 14.6 Å². The number of epoxide rings is 1. The van der Waals surface area contributed by atoms with Crippen LogP contribution >= 0.6 is 0 Å². The Morgan fingerprint density at radius 2 is 2.45 bits per heavy atom. The molecule has 4 heteroatoms. The molecular formula is C7H8O4. The van der Waals surface area contributed by atoms with Gasteiger partial charge in [0.15, 0.2) is 11.9 Å². The molecule has 1 N–H and O–H groups in total. The fraction of sp³-hybridized carbons (Fsp3) is 0.571. The van der Waals surface area contributed by atoms with Crippen LogP contribution in [0, 0.1) is 0 Å². The summed E-state index contributed by atoms with van der Waals surface area (Å²) in [5.41, 5.74) is 0. The van der Waals surface area contributed by atoms with Gasteiger partial charge >= 0.3 is 0 Å². The van der Waals surface area contributed by atoms with E-state index in [1.807, 2.05) is 0 Å². The molecule has 1 aliphatic heterocycles. The van der Waals surface area contributed by atoms with E-state index in [1.165, 1.54) is 13.2 Å².